The molecule has 0 saturated carbocycles. The number of benzene rings is 1. The first-order valence-corrected chi connectivity index (χ1v) is 20.0. The number of nitrogens with zero attached hydrogens (tertiary/aromatic N) is 3. The molecule has 57 heavy (non-hydrogen) atoms. The number of rotatable bonds is 8. The molecule has 6 atom stereocenters. The minimum absolute atomic E-state index is 0.110. The molecule has 314 valence electrons. The van der Waals surface area contributed by atoms with Crippen molar-refractivity contribution in [3.05, 3.63) is 35.9 Å². The predicted molar refractivity (Wildman–Crippen MR) is 214 cm³/mol. The Morgan fingerprint density at radius 3 is 2.09 bits per heavy atom. The lowest BCUT2D eigenvalue weighted by Gasteiger charge is -2.38. The Balaban J connectivity index is 2.14. The van der Waals surface area contributed by atoms with Gasteiger partial charge in [-0.25, -0.2) is 4.79 Å². The predicted octanol–water partition coefficient (Wildman–Crippen LogP) is 3.11. The van der Waals surface area contributed by atoms with Crippen LogP contribution in [0, 0.1) is 35.5 Å². The average molecular weight is 794 g/mol. The van der Waals surface area contributed by atoms with Crippen molar-refractivity contribution >= 4 is 41.5 Å². The van der Waals surface area contributed by atoms with Crippen LogP contribution in [0.2, 0.25) is 0 Å². The number of cyclic esters (lactones) is 2. The Hall–Kier alpha value is -4.93. The highest BCUT2D eigenvalue weighted by Crippen LogP contribution is 2.30. The molecule has 2 fully saturated rings. The van der Waals surface area contributed by atoms with Crippen molar-refractivity contribution in [2.75, 3.05) is 27.2 Å². The second-order valence-electron chi connectivity index (χ2n) is 16.8. The van der Waals surface area contributed by atoms with Crippen molar-refractivity contribution in [2.24, 2.45) is 23.2 Å². The SMILES string of the molecule is C#CCCC[C@@H]1OC(=O)CNC(=O)C(Cc2ccccc2)N(C)C(=O)C2CCCN2C(=O)[C@@H](C(C)C)OC(=O)C(C(C)C)N(C)C(=O)[C@H](C(C)C)NC(=O)C1(C)C. The molecular weight excluding hydrogens is 730 g/mol. The number of nitrogens with one attached hydrogen (secondary N) is 2. The van der Waals surface area contributed by atoms with Crippen molar-refractivity contribution in [1.29, 1.82) is 0 Å². The molecule has 2 aliphatic rings. The third kappa shape index (κ3) is 11.6. The van der Waals surface area contributed by atoms with Crippen LogP contribution in [-0.2, 0) is 49.5 Å². The number of esters is 2. The first-order chi connectivity index (χ1) is 26.7. The van der Waals surface area contributed by atoms with E-state index in [1.807, 2.05) is 30.3 Å². The van der Waals surface area contributed by atoms with Gasteiger partial charge in [0.1, 0.15) is 36.8 Å². The van der Waals surface area contributed by atoms with Crippen LogP contribution in [0.5, 0.6) is 0 Å². The maximum Gasteiger partial charge on any atom is 0.329 e. The fraction of sp³-hybridized carbons (Fsp3) is 0.651. The van der Waals surface area contributed by atoms with Gasteiger partial charge in [0.25, 0.3) is 5.91 Å². The molecule has 5 amide bonds. The van der Waals surface area contributed by atoms with Crippen molar-refractivity contribution in [3.63, 3.8) is 0 Å². The van der Waals surface area contributed by atoms with Crippen LogP contribution in [0.15, 0.2) is 30.3 Å². The Morgan fingerprint density at radius 1 is 0.860 bits per heavy atom. The first kappa shape index (κ1) is 46.5. The zero-order valence-electron chi connectivity index (χ0n) is 35.3. The number of carbonyl (C=O) groups excluding carboxylic acids is 7. The van der Waals surface area contributed by atoms with E-state index in [0.717, 1.165) is 5.56 Å². The zero-order valence-corrected chi connectivity index (χ0v) is 35.3. The molecule has 2 aliphatic heterocycles. The Bertz CT molecular complexity index is 1650. The number of amides is 5. The third-order valence-electron chi connectivity index (χ3n) is 11.0. The molecule has 2 saturated heterocycles. The Labute approximate surface area is 338 Å². The largest absolute Gasteiger partial charge is 0.460 e. The van der Waals surface area contributed by atoms with Gasteiger partial charge in [0.05, 0.1) is 5.41 Å². The van der Waals surface area contributed by atoms with Gasteiger partial charge >= 0.3 is 11.9 Å². The summed E-state index contributed by atoms with van der Waals surface area (Å²) < 4.78 is 11.9. The van der Waals surface area contributed by atoms with E-state index in [9.17, 15) is 33.6 Å². The number of unbranched alkanes of at least 4 members (excludes halogenated alkanes) is 1. The van der Waals surface area contributed by atoms with Crippen LogP contribution in [0.4, 0.5) is 0 Å². The van der Waals surface area contributed by atoms with Crippen LogP contribution >= 0.6 is 0 Å². The first-order valence-electron chi connectivity index (χ1n) is 20.0. The standard InChI is InChI=1S/C43H63N5O9/c1-12-13-15-22-32-43(8,9)42(55)45-34(26(2)3)39(52)47(11)35(27(4)5)41(54)57-36(28(6)7)40(53)48-23-18-21-30(48)38(51)46(10)31(24-29-19-16-14-17-20-29)37(50)44-25-33(49)56-32/h1,14,16-17,19-20,26-28,30-32,34-36H,13,15,18,21-25H2,2-11H3,(H,44,50)(H,45,55)/t30?,31?,32-,34-,35?,36+/m0/s1. The van der Waals surface area contributed by atoms with Crippen LogP contribution < -0.4 is 10.6 Å². The molecule has 2 heterocycles. The van der Waals surface area contributed by atoms with Crippen LogP contribution in [0.25, 0.3) is 0 Å². The molecule has 3 rings (SSSR count). The average Bonchev–Trinajstić information content (AvgIpc) is 3.65. The fourth-order valence-corrected chi connectivity index (χ4v) is 7.40. The molecule has 0 aliphatic carbocycles. The summed E-state index contributed by atoms with van der Waals surface area (Å²) in [6, 6.07) is 4.85. The topological polar surface area (TPSA) is 172 Å². The molecular formula is C43H63N5O9. The zero-order chi connectivity index (χ0) is 42.8. The highest BCUT2D eigenvalue weighted by Gasteiger charge is 2.46. The van der Waals surface area contributed by atoms with Gasteiger partial charge in [0.2, 0.25) is 23.6 Å². The van der Waals surface area contributed by atoms with Gasteiger partial charge in [-0.15, -0.1) is 12.3 Å². The number of ether oxygens (including phenoxy) is 2. The molecule has 1 aromatic rings. The van der Waals surface area contributed by atoms with Gasteiger partial charge < -0.3 is 34.8 Å². The van der Waals surface area contributed by atoms with Gasteiger partial charge in [0, 0.05) is 33.5 Å². The fourth-order valence-electron chi connectivity index (χ4n) is 7.40. The highest BCUT2D eigenvalue weighted by atomic mass is 16.6. The lowest BCUT2D eigenvalue weighted by molar-refractivity contribution is -0.172. The number of likely N-dealkylation sites (N-methyl/N-ethyl adjacent to an activating group) is 2. The molecule has 3 unspecified atom stereocenters. The molecule has 2 N–H and O–H groups in total. The van der Waals surface area contributed by atoms with E-state index in [-0.39, 0.29) is 19.4 Å². The second-order valence-corrected chi connectivity index (χ2v) is 16.8. The van der Waals surface area contributed by atoms with Crippen LogP contribution in [0.1, 0.15) is 93.1 Å². The van der Waals surface area contributed by atoms with Gasteiger partial charge in [-0.3, -0.25) is 28.8 Å². The quantitative estimate of drug-likeness (QED) is 0.228. The van der Waals surface area contributed by atoms with Crippen molar-refractivity contribution in [3.8, 4) is 12.3 Å². The molecule has 0 aromatic heterocycles. The number of hydrogen-bond acceptors (Lipinski definition) is 9. The minimum Gasteiger partial charge on any atom is -0.460 e. The summed E-state index contributed by atoms with van der Waals surface area (Å²) in [6.45, 7) is 13.3. The Morgan fingerprint density at radius 2 is 1.51 bits per heavy atom. The summed E-state index contributed by atoms with van der Waals surface area (Å²) >= 11 is 0. The number of terminal acetylenes is 1. The van der Waals surface area contributed by atoms with Crippen molar-refractivity contribution in [1.82, 2.24) is 25.3 Å². The van der Waals surface area contributed by atoms with Crippen LogP contribution in [0.3, 0.4) is 0 Å². The van der Waals surface area contributed by atoms with E-state index >= 15 is 0 Å². The minimum atomic E-state index is -1.38. The second kappa shape index (κ2) is 20.5. The van der Waals surface area contributed by atoms with E-state index < -0.39 is 108 Å². The van der Waals surface area contributed by atoms with Crippen LogP contribution in [-0.4, -0.2) is 120 Å². The normalized spacial score (nSPS) is 26.3. The summed E-state index contributed by atoms with van der Waals surface area (Å²) in [6.07, 6.45) is 5.16. The highest BCUT2D eigenvalue weighted by molar-refractivity contribution is 5.96. The van der Waals surface area contributed by atoms with Gasteiger partial charge in [-0.2, -0.15) is 0 Å². The van der Waals surface area contributed by atoms with E-state index in [2.05, 4.69) is 16.6 Å². The summed E-state index contributed by atoms with van der Waals surface area (Å²) in [4.78, 5) is 102. The molecule has 14 nitrogen and oxygen atoms in total. The number of hydrogen-bond donors (Lipinski definition) is 2. The number of fused-ring (bicyclic) bond motifs is 1. The maximum atomic E-state index is 14.3. The van der Waals surface area contributed by atoms with E-state index in [1.54, 1.807) is 55.4 Å². The lowest BCUT2D eigenvalue weighted by Crippen LogP contribution is -2.59. The maximum absolute atomic E-state index is 14.3. The van der Waals surface area contributed by atoms with Gasteiger partial charge in [0.15, 0.2) is 6.10 Å². The summed E-state index contributed by atoms with van der Waals surface area (Å²) in [7, 11) is 2.95. The van der Waals surface area contributed by atoms with Crippen molar-refractivity contribution < 1.29 is 43.0 Å². The molecule has 0 bridgehead atoms. The molecule has 14 heteroatoms. The monoisotopic (exact) mass is 793 g/mol. The molecule has 1 aromatic carbocycles. The van der Waals surface area contributed by atoms with Gasteiger partial charge in [-0.1, -0.05) is 71.9 Å². The summed E-state index contributed by atoms with van der Waals surface area (Å²) in [5, 5.41) is 5.49. The lowest BCUT2D eigenvalue weighted by atomic mass is 9.82. The number of carbonyl (C=O) groups is 7. The smallest absolute Gasteiger partial charge is 0.329 e. The summed E-state index contributed by atoms with van der Waals surface area (Å²) in [5.74, 6) is -3.24. The van der Waals surface area contributed by atoms with Crippen molar-refractivity contribution in [2.45, 2.75) is 130 Å². The third-order valence-corrected chi connectivity index (χ3v) is 11.0. The Kier molecular flexibility index (Phi) is 16.7. The summed E-state index contributed by atoms with van der Waals surface area (Å²) in [5.41, 5.74) is -0.620. The van der Waals surface area contributed by atoms with E-state index in [1.165, 1.54) is 28.8 Å². The van der Waals surface area contributed by atoms with E-state index in [4.69, 9.17) is 15.9 Å². The van der Waals surface area contributed by atoms with Gasteiger partial charge in [-0.05, 0) is 62.8 Å². The molecule has 0 spiro atoms. The van der Waals surface area contributed by atoms with E-state index in [0.29, 0.717) is 25.7 Å². The molecule has 0 radical (unpaired) electrons.